The largest absolute Gasteiger partial charge is 0.459 e. The lowest BCUT2D eigenvalue weighted by molar-refractivity contribution is -0.142. The summed E-state index contributed by atoms with van der Waals surface area (Å²) in [5.74, 6) is -0.159. The van der Waals surface area contributed by atoms with Gasteiger partial charge in [-0.05, 0) is 32.1 Å². The van der Waals surface area contributed by atoms with Gasteiger partial charge in [0.15, 0.2) is 0 Å². The zero-order chi connectivity index (χ0) is 10.2. The molecule has 0 heterocycles. The smallest absolute Gasteiger partial charge is 0.330 e. The highest BCUT2D eigenvalue weighted by Crippen LogP contribution is 2.20. The fourth-order valence-electron chi connectivity index (χ4n) is 1.71. The van der Waals surface area contributed by atoms with Crippen LogP contribution in [-0.4, -0.2) is 12.1 Å². The molecule has 0 bridgehead atoms. The Morgan fingerprint density at radius 3 is 2.79 bits per heavy atom. The highest BCUT2D eigenvalue weighted by atomic mass is 16.5. The van der Waals surface area contributed by atoms with E-state index in [2.05, 4.69) is 6.92 Å². The molecule has 1 fully saturated rings. The Hall–Kier alpha value is -0.790. The molecule has 0 atom stereocenters. The third kappa shape index (κ3) is 4.45. The minimum atomic E-state index is -0.159. The maximum atomic E-state index is 11.3. The first-order chi connectivity index (χ1) is 6.83. The molecule has 2 nitrogen and oxygen atoms in total. The van der Waals surface area contributed by atoms with Gasteiger partial charge in [0.2, 0.25) is 0 Å². The molecule has 1 aliphatic rings. The molecular weight excluding hydrogens is 176 g/mol. The van der Waals surface area contributed by atoms with Crippen LogP contribution >= 0.6 is 0 Å². The molecule has 0 aromatic rings. The monoisotopic (exact) mass is 196 g/mol. The normalized spacial score (nSPS) is 17.8. The van der Waals surface area contributed by atoms with Crippen molar-refractivity contribution >= 4 is 5.97 Å². The molecule has 80 valence electrons. The van der Waals surface area contributed by atoms with Gasteiger partial charge >= 0.3 is 5.97 Å². The van der Waals surface area contributed by atoms with Gasteiger partial charge in [0.05, 0.1) is 0 Å². The quantitative estimate of drug-likeness (QED) is 0.383. The third-order valence-electron chi connectivity index (χ3n) is 2.56. The van der Waals surface area contributed by atoms with Crippen LogP contribution in [0.1, 0.15) is 51.9 Å². The Labute approximate surface area is 86.3 Å². The molecule has 0 radical (unpaired) electrons. The van der Waals surface area contributed by atoms with Crippen molar-refractivity contribution in [3.8, 4) is 0 Å². The predicted octanol–water partition coefficient (Wildman–Crippen LogP) is 3.22. The van der Waals surface area contributed by atoms with Gasteiger partial charge in [-0.1, -0.05) is 25.8 Å². The average Bonchev–Trinajstić information content (AvgIpc) is 2.65. The van der Waals surface area contributed by atoms with Crippen LogP contribution in [0.4, 0.5) is 0 Å². The number of allylic oxidation sites excluding steroid dienone is 1. The van der Waals surface area contributed by atoms with Crippen LogP contribution in [0.2, 0.25) is 0 Å². The first kappa shape index (κ1) is 11.3. The standard InChI is InChI=1S/C12H20O2/c1-2-3-4-5-10-12(13)14-11-8-6-7-9-11/h5,10-11H,2-4,6-9H2,1H3. The van der Waals surface area contributed by atoms with E-state index in [-0.39, 0.29) is 12.1 Å². The van der Waals surface area contributed by atoms with Gasteiger partial charge in [-0.25, -0.2) is 4.79 Å². The summed E-state index contributed by atoms with van der Waals surface area (Å²) in [7, 11) is 0. The summed E-state index contributed by atoms with van der Waals surface area (Å²) in [5, 5.41) is 0. The predicted molar refractivity (Wildman–Crippen MR) is 57.0 cm³/mol. The lowest BCUT2D eigenvalue weighted by Gasteiger charge is -2.08. The molecule has 1 rings (SSSR count). The van der Waals surface area contributed by atoms with Crippen molar-refractivity contribution < 1.29 is 9.53 Å². The summed E-state index contributed by atoms with van der Waals surface area (Å²) in [6, 6.07) is 0. The molecule has 0 unspecified atom stereocenters. The molecule has 0 N–H and O–H groups in total. The second kappa shape index (κ2) is 6.63. The molecule has 0 amide bonds. The summed E-state index contributed by atoms with van der Waals surface area (Å²) in [5.41, 5.74) is 0. The first-order valence-electron chi connectivity index (χ1n) is 5.70. The van der Waals surface area contributed by atoms with E-state index in [0.717, 1.165) is 25.7 Å². The van der Waals surface area contributed by atoms with Gasteiger partial charge in [-0.3, -0.25) is 0 Å². The topological polar surface area (TPSA) is 26.3 Å². The van der Waals surface area contributed by atoms with E-state index in [1.54, 1.807) is 6.08 Å². The third-order valence-corrected chi connectivity index (χ3v) is 2.56. The molecule has 0 spiro atoms. The fourth-order valence-corrected chi connectivity index (χ4v) is 1.71. The SMILES string of the molecule is CCCCC=CC(=O)OC1CCCC1. The Morgan fingerprint density at radius 2 is 2.14 bits per heavy atom. The van der Waals surface area contributed by atoms with E-state index in [1.807, 2.05) is 6.08 Å². The lowest BCUT2D eigenvalue weighted by atomic mass is 10.2. The number of unbranched alkanes of at least 4 members (excludes halogenated alkanes) is 2. The summed E-state index contributed by atoms with van der Waals surface area (Å²) >= 11 is 0. The van der Waals surface area contributed by atoms with E-state index in [1.165, 1.54) is 19.3 Å². The molecule has 0 saturated heterocycles. The van der Waals surface area contributed by atoms with Crippen molar-refractivity contribution in [1.29, 1.82) is 0 Å². The number of ether oxygens (including phenoxy) is 1. The van der Waals surface area contributed by atoms with Gasteiger partial charge in [0, 0.05) is 6.08 Å². The van der Waals surface area contributed by atoms with Crippen molar-refractivity contribution in [3.63, 3.8) is 0 Å². The highest BCUT2D eigenvalue weighted by Gasteiger charge is 2.17. The van der Waals surface area contributed by atoms with Gasteiger partial charge < -0.3 is 4.74 Å². The van der Waals surface area contributed by atoms with Crippen molar-refractivity contribution in [2.45, 2.75) is 58.0 Å². The average molecular weight is 196 g/mol. The van der Waals surface area contributed by atoms with Crippen LogP contribution in [0.3, 0.4) is 0 Å². The van der Waals surface area contributed by atoms with Crippen LogP contribution in [0, 0.1) is 0 Å². The summed E-state index contributed by atoms with van der Waals surface area (Å²) in [4.78, 5) is 11.3. The molecular formula is C12H20O2. The van der Waals surface area contributed by atoms with Crippen LogP contribution in [0.15, 0.2) is 12.2 Å². The highest BCUT2D eigenvalue weighted by molar-refractivity contribution is 5.82. The Balaban J connectivity index is 2.11. The van der Waals surface area contributed by atoms with Crippen molar-refractivity contribution in [3.05, 3.63) is 12.2 Å². The lowest BCUT2D eigenvalue weighted by Crippen LogP contribution is -2.12. The number of esters is 1. The molecule has 0 aliphatic heterocycles. The second-order valence-electron chi connectivity index (χ2n) is 3.89. The zero-order valence-corrected chi connectivity index (χ0v) is 9.00. The maximum absolute atomic E-state index is 11.3. The Kier molecular flexibility index (Phi) is 5.35. The molecule has 1 aliphatic carbocycles. The van der Waals surface area contributed by atoms with Gasteiger partial charge in [0.25, 0.3) is 0 Å². The van der Waals surface area contributed by atoms with Gasteiger partial charge in [-0.15, -0.1) is 0 Å². The van der Waals surface area contributed by atoms with Crippen LogP contribution in [-0.2, 0) is 9.53 Å². The number of rotatable bonds is 5. The van der Waals surface area contributed by atoms with Crippen LogP contribution in [0.25, 0.3) is 0 Å². The molecule has 0 aromatic heterocycles. The molecule has 14 heavy (non-hydrogen) atoms. The molecule has 0 aromatic carbocycles. The fraction of sp³-hybridized carbons (Fsp3) is 0.750. The van der Waals surface area contributed by atoms with Gasteiger partial charge in [0.1, 0.15) is 6.10 Å². The van der Waals surface area contributed by atoms with Crippen molar-refractivity contribution in [2.24, 2.45) is 0 Å². The van der Waals surface area contributed by atoms with Crippen LogP contribution in [0.5, 0.6) is 0 Å². The second-order valence-corrected chi connectivity index (χ2v) is 3.89. The van der Waals surface area contributed by atoms with E-state index in [9.17, 15) is 4.79 Å². The van der Waals surface area contributed by atoms with Crippen molar-refractivity contribution in [2.75, 3.05) is 0 Å². The molecule has 1 saturated carbocycles. The van der Waals surface area contributed by atoms with Crippen molar-refractivity contribution in [1.82, 2.24) is 0 Å². The van der Waals surface area contributed by atoms with E-state index in [4.69, 9.17) is 4.74 Å². The summed E-state index contributed by atoms with van der Waals surface area (Å²) in [6.45, 7) is 2.14. The van der Waals surface area contributed by atoms with E-state index >= 15 is 0 Å². The van der Waals surface area contributed by atoms with Crippen LogP contribution < -0.4 is 0 Å². The minimum absolute atomic E-state index is 0.159. The number of carbonyl (C=O) groups excluding carboxylic acids is 1. The van der Waals surface area contributed by atoms with E-state index < -0.39 is 0 Å². The summed E-state index contributed by atoms with van der Waals surface area (Å²) < 4.78 is 5.27. The Bertz CT molecular complexity index is 190. The van der Waals surface area contributed by atoms with Gasteiger partial charge in [-0.2, -0.15) is 0 Å². The maximum Gasteiger partial charge on any atom is 0.330 e. The number of carbonyl (C=O) groups is 1. The summed E-state index contributed by atoms with van der Waals surface area (Å²) in [6.07, 6.45) is 11.5. The minimum Gasteiger partial charge on any atom is -0.459 e. The number of hydrogen-bond acceptors (Lipinski definition) is 2. The Morgan fingerprint density at radius 1 is 1.43 bits per heavy atom. The molecule has 2 heteroatoms. The number of hydrogen-bond donors (Lipinski definition) is 0. The zero-order valence-electron chi connectivity index (χ0n) is 9.00. The first-order valence-corrected chi connectivity index (χ1v) is 5.70. The van der Waals surface area contributed by atoms with E-state index in [0.29, 0.717) is 0 Å².